The van der Waals surface area contributed by atoms with Gasteiger partial charge in [-0.2, -0.15) is 0 Å². The zero-order chi connectivity index (χ0) is 16.4. The number of amides is 1. The molecule has 0 aliphatic heterocycles. The van der Waals surface area contributed by atoms with Gasteiger partial charge >= 0.3 is 5.97 Å². The van der Waals surface area contributed by atoms with Gasteiger partial charge in [-0.05, 0) is 31.9 Å². The third-order valence-corrected chi connectivity index (χ3v) is 5.34. The van der Waals surface area contributed by atoms with Crippen LogP contribution < -0.4 is 5.32 Å². The van der Waals surface area contributed by atoms with Crippen LogP contribution in [-0.2, 0) is 6.54 Å². The molecule has 2 aromatic heterocycles. The summed E-state index contributed by atoms with van der Waals surface area (Å²) in [5, 5.41) is 12.6. The molecule has 0 unspecified atom stereocenters. The fourth-order valence-electron chi connectivity index (χ4n) is 2.81. The maximum Gasteiger partial charge on any atom is 0.371 e. The first-order valence-electron chi connectivity index (χ1n) is 7.62. The number of carbonyl (C=O) groups excluding carboxylic acids is 1. The van der Waals surface area contributed by atoms with Crippen molar-refractivity contribution in [2.24, 2.45) is 0 Å². The Kier molecular flexibility index (Phi) is 4.47. The molecule has 0 saturated heterocycles. The van der Waals surface area contributed by atoms with E-state index in [2.05, 4.69) is 10.3 Å². The summed E-state index contributed by atoms with van der Waals surface area (Å²) in [6.45, 7) is 2.00. The van der Waals surface area contributed by atoms with E-state index in [1.807, 2.05) is 6.92 Å². The molecule has 1 aliphatic rings. The fourth-order valence-corrected chi connectivity index (χ4v) is 3.96. The van der Waals surface area contributed by atoms with Crippen molar-refractivity contribution < 1.29 is 19.1 Å². The Morgan fingerprint density at radius 3 is 2.78 bits per heavy atom. The number of hydrogen-bond donors (Lipinski definition) is 2. The Morgan fingerprint density at radius 1 is 1.39 bits per heavy atom. The summed E-state index contributed by atoms with van der Waals surface area (Å²) in [4.78, 5) is 28.2. The predicted molar refractivity (Wildman–Crippen MR) is 84.9 cm³/mol. The molecule has 1 fully saturated rings. The molecule has 23 heavy (non-hydrogen) atoms. The van der Waals surface area contributed by atoms with Crippen molar-refractivity contribution >= 4 is 23.2 Å². The number of aromatic carboxylic acids is 1. The molecule has 122 valence electrons. The summed E-state index contributed by atoms with van der Waals surface area (Å²) in [6, 6.07) is 2.92. The quantitative estimate of drug-likeness (QED) is 0.875. The lowest BCUT2D eigenvalue weighted by Crippen LogP contribution is -2.22. The number of aromatic nitrogens is 1. The van der Waals surface area contributed by atoms with E-state index in [4.69, 9.17) is 9.52 Å². The summed E-state index contributed by atoms with van der Waals surface area (Å²) < 4.78 is 5.12. The Morgan fingerprint density at radius 2 is 2.13 bits per heavy atom. The molecule has 3 rings (SSSR count). The molecule has 0 bridgehead atoms. The summed E-state index contributed by atoms with van der Waals surface area (Å²) in [5.74, 6) is -0.552. The second-order valence-electron chi connectivity index (χ2n) is 5.70. The van der Waals surface area contributed by atoms with Crippen LogP contribution in [0.2, 0.25) is 0 Å². The summed E-state index contributed by atoms with van der Waals surface area (Å²) in [6.07, 6.45) is 4.77. The number of nitrogens with zero attached hydrogens (tertiary/aromatic N) is 1. The lowest BCUT2D eigenvalue weighted by atomic mass is 10.1. The highest BCUT2D eigenvalue weighted by Crippen LogP contribution is 2.37. The van der Waals surface area contributed by atoms with Crippen LogP contribution in [-0.4, -0.2) is 22.0 Å². The van der Waals surface area contributed by atoms with Gasteiger partial charge in [0.25, 0.3) is 5.91 Å². The van der Waals surface area contributed by atoms with Crippen LogP contribution in [0.25, 0.3) is 0 Å². The summed E-state index contributed by atoms with van der Waals surface area (Å²) in [7, 11) is 0. The van der Waals surface area contributed by atoms with Gasteiger partial charge in [0.15, 0.2) is 0 Å². The van der Waals surface area contributed by atoms with Crippen LogP contribution in [0.4, 0.5) is 0 Å². The first kappa shape index (κ1) is 15.7. The number of carboxylic acid groups (broad SMARTS) is 1. The lowest BCUT2D eigenvalue weighted by Gasteiger charge is -2.03. The first-order valence-corrected chi connectivity index (χ1v) is 8.44. The van der Waals surface area contributed by atoms with E-state index in [1.165, 1.54) is 30.2 Å². The van der Waals surface area contributed by atoms with Crippen LogP contribution in [0.15, 0.2) is 16.5 Å². The van der Waals surface area contributed by atoms with E-state index >= 15 is 0 Å². The highest BCUT2D eigenvalue weighted by Gasteiger charge is 2.23. The maximum absolute atomic E-state index is 12.3. The molecule has 7 heteroatoms. The molecular weight excluding hydrogens is 316 g/mol. The van der Waals surface area contributed by atoms with Crippen LogP contribution in [0.5, 0.6) is 0 Å². The van der Waals surface area contributed by atoms with Gasteiger partial charge in [0, 0.05) is 5.92 Å². The Labute approximate surface area is 137 Å². The number of hydrogen-bond acceptors (Lipinski definition) is 5. The van der Waals surface area contributed by atoms with Crippen LogP contribution in [0.1, 0.15) is 68.3 Å². The topological polar surface area (TPSA) is 92.4 Å². The number of carboxylic acids is 1. The van der Waals surface area contributed by atoms with Crippen molar-refractivity contribution in [3.05, 3.63) is 39.2 Å². The molecule has 2 aromatic rings. The van der Waals surface area contributed by atoms with Crippen molar-refractivity contribution in [1.29, 1.82) is 0 Å². The monoisotopic (exact) mass is 334 g/mol. The second-order valence-corrected chi connectivity index (χ2v) is 6.73. The number of thiazole rings is 1. The number of nitrogens with one attached hydrogen (secondary N) is 1. The zero-order valence-corrected chi connectivity index (χ0v) is 13.6. The highest BCUT2D eigenvalue weighted by atomic mass is 32.1. The van der Waals surface area contributed by atoms with E-state index in [1.54, 1.807) is 6.07 Å². The standard InChI is InChI=1S/C16H18N2O4S/c1-9-13(23-15(18-9)10-4-2-3-5-10)14(19)17-8-11-6-7-12(22-11)16(20)21/h6-7,10H,2-5,8H2,1H3,(H,17,19)(H,20,21). The van der Waals surface area contributed by atoms with E-state index in [0.29, 0.717) is 16.6 Å². The number of carbonyl (C=O) groups is 2. The molecule has 1 saturated carbocycles. The molecule has 0 radical (unpaired) electrons. The van der Waals surface area contributed by atoms with Crippen molar-refractivity contribution in [2.45, 2.75) is 45.1 Å². The third kappa shape index (κ3) is 3.44. The molecule has 0 aromatic carbocycles. The molecule has 2 heterocycles. The molecule has 0 spiro atoms. The average molecular weight is 334 g/mol. The first-order chi connectivity index (χ1) is 11.0. The van der Waals surface area contributed by atoms with Gasteiger partial charge in [0.1, 0.15) is 10.6 Å². The SMILES string of the molecule is Cc1nc(C2CCCC2)sc1C(=O)NCc1ccc(C(=O)O)o1. The van der Waals surface area contributed by atoms with Gasteiger partial charge in [-0.25, -0.2) is 9.78 Å². The second kappa shape index (κ2) is 6.54. The number of furan rings is 1. The van der Waals surface area contributed by atoms with Gasteiger partial charge in [-0.3, -0.25) is 4.79 Å². The van der Waals surface area contributed by atoms with E-state index in [0.717, 1.165) is 23.5 Å². The largest absolute Gasteiger partial charge is 0.475 e. The minimum atomic E-state index is -1.12. The minimum Gasteiger partial charge on any atom is -0.475 e. The number of rotatable bonds is 5. The van der Waals surface area contributed by atoms with Gasteiger partial charge < -0.3 is 14.8 Å². The Bertz CT molecular complexity index is 728. The van der Waals surface area contributed by atoms with E-state index in [9.17, 15) is 9.59 Å². The van der Waals surface area contributed by atoms with Gasteiger partial charge in [0.2, 0.25) is 5.76 Å². The Balaban J connectivity index is 1.64. The highest BCUT2D eigenvalue weighted by molar-refractivity contribution is 7.13. The average Bonchev–Trinajstić information content (AvgIpc) is 3.24. The predicted octanol–water partition coefficient (Wildman–Crippen LogP) is 3.33. The number of aryl methyl sites for hydroxylation is 1. The van der Waals surface area contributed by atoms with Crippen molar-refractivity contribution in [3.8, 4) is 0 Å². The smallest absolute Gasteiger partial charge is 0.371 e. The Hall–Kier alpha value is -2.15. The van der Waals surface area contributed by atoms with Gasteiger partial charge in [-0.1, -0.05) is 12.8 Å². The van der Waals surface area contributed by atoms with Crippen LogP contribution in [0, 0.1) is 6.92 Å². The normalized spacial score (nSPS) is 15.0. The van der Waals surface area contributed by atoms with E-state index in [-0.39, 0.29) is 18.2 Å². The van der Waals surface area contributed by atoms with E-state index < -0.39 is 5.97 Å². The zero-order valence-electron chi connectivity index (χ0n) is 12.8. The van der Waals surface area contributed by atoms with Crippen molar-refractivity contribution in [1.82, 2.24) is 10.3 Å². The molecule has 0 atom stereocenters. The maximum atomic E-state index is 12.3. The summed E-state index contributed by atoms with van der Waals surface area (Å²) in [5.41, 5.74) is 0.750. The van der Waals surface area contributed by atoms with Crippen molar-refractivity contribution in [2.75, 3.05) is 0 Å². The van der Waals surface area contributed by atoms with Gasteiger partial charge in [-0.15, -0.1) is 11.3 Å². The molecule has 2 N–H and O–H groups in total. The third-order valence-electron chi connectivity index (χ3n) is 4.02. The molecule has 6 nitrogen and oxygen atoms in total. The van der Waals surface area contributed by atoms with Gasteiger partial charge in [0.05, 0.1) is 17.2 Å². The fraction of sp³-hybridized carbons (Fsp3) is 0.438. The molecule has 1 amide bonds. The summed E-state index contributed by atoms with van der Waals surface area (Å²) >= 11 is 1.46. The van der Waals surface area contributed by atoms with Crippen LogP contribution in [0.3, 0.4) is 0 Å². The van der Waals surface area contributed by atoms with Crippen LogP contribution >= 0.6 is 11.3 Å². The molecule has 1 aliphatic carbocycles. The van der Waals surface area contributed by atoms with Crippen molar-refractivity contribution in [3.63, 3.8) is 0 Å². The lowest BCUT2D eigenvalue weighted by molar-refractivity contribution is 0.0660. The molecular formula is C16H18N2O4S. The minimum absolute atomic E-state index is 0.133.